The summed E-state index contributed by atoms with van der Waals surface area (Å²) in [6, 6.07) is 10.1. The van der Waals surface area contributed by atoms with E-state index in [0.29, 0.717) is 0 Å². The summed E-state index contributed by atoms with van der Waals surface area (Å²) in [5.41, 5.74) is -1.15. The zero-order chi connectivity index (χ0) is 15.9. The molecule has 0 aliphatic heterocycles. The van der Waals surface area contributed by atoms with Crippen molar-refractivity contribution in [1.29, 1.82) is 0 Å². The lowest BCUT2D eigenvalue weighted by molar-refractivity contribution is 0.442. The van der Waals surface area contributed by atoms with E-state index in [1.54, 1.807) is 12.1 Å². The molecule has 1 aromatic heterocycles. The van der Waals surface area contributed by atoms with Crippen molar-refractivity contribution >= 4 is 20.8 Å². The Labute approximate surface area is 124 Å². The molecule has 0 unspecified atom stereocenters. The highest BCUT2D eigenvalue weighted by molar-refractivity contribution is 7.91. The predicted molar refractivity (Wildman–Crippen MR) is 76.0 cm³/mol. The van der Waals surface area contributed by atoms with E-state index < -0.39 is 36.8 Å². The second kappa shape index (κ2) is 4.96. The SMILES string of the molecule is O=c1oc2ccccc2c(O)c1S(=O)(=O)c1cccc(F)c1. The maximum absolute atomic E-state index is 13.2. The van der Waals surface area contributed by atoms with Crippen molar-refractivity contribution in [2.75, 3.05) is 0 Å². The van der Waals surface area contributed by atoms with E-state index >= 15 is 0 Å². The van der Waals surface area contributed by atoms with Gasteiger partial charge in [0.25, 0.3) is 0 Å². The van der Waals surface area contributed by atoms with Crippen LogP contribution in [0.1, 0.15) is 0 Å². The number of aromatic hydroxyl groups is 1. The summed E-state index contributed by atoms with van der Waals surface area (Å²) in [5.74, 6) is -1.48. The van der Waals surface area contributed by atoms with Crippen LogP contribution in [0.3, 0.4) is 0 Å². The van der Waals surface area contributed by atoms with E-state index in [2.05, 4.69) is 0 Å². The molecule has 0 fully saturated rings. The number of rotatable bonds is 2. The fraction of sp³-hybridized carbons (Fsp3) is 0. The number of benzene rings is 2. The van der Waals surface area contributed by atoms with Gasteiger partial charge in [-0.2, -0.15) is 0 Å². The van der Waals surface area contributed by atoms with Crippen molar-refractivity contribution in [2.45, 2.75) is 9.79 Å². The van der Waals surface area contributed by atoms with Crippen LogP contribution < -0.4 is 5.63 Å². The molecule has 7 heteroatoms. The van der Waals surface area contributed by atoms with Gasteiger partial charge in [-0.1, -0.05) is 18.2 Å². The first-order valence-corrected chi connectivity index (χ1v) is 7.65. The van der Waals surface area contributed by atoms with Crippen LogP contribution in [0.25, 0.3) is 11.0 Å². The third-order valence-electron chi connectivity index (χ3n) is 3.12. The molecule has 0 saturated heterocycles. The molecule has 0 radical (unpaired) electrons. The molecule has 0 amide bonds. The highest BCUT2D eigenvalue weighted by Gasteiger charge is 2.28. The molecule has 2 aromatic carbocycles. The predicted octanol–water partition coefficient (Wildman–Crippen LogP) is 2.47. The van der Waals surface area contributed by atoms with Crippen LogP contribution in [0.5, 0.6) is 5.75 Å². The molecule has 3 aromatic rings. The van der Waals surface area contributed by atoms with E-state index in [-0.39, 0.29) is 11.0 Å². The molecular weight excluding hydrogens is 311 g/mol. The second-order valence-electron chi connectivity index (χ2n) is 4.52. The molecule has 0 aliphatic rings. The van der Waals surface area contributed by atoms with Gasteiger partial charge in [0.1, 0.15) is 11.4 Å². The Hall–Kier alpha value is -2.67. The standard InChI is InChI=1S/C15H9FO5S/c16-9-4-3-5-10(8-9)22(19,20)14-13(17)11-6-1-2-7-12(11)21-15(14)18/h1-8,17H. The van der Waals surface area contributed by atoms with Crippen LogP contribution in [0.4, 0.5) is 4.39 Å². The first kappa shape index (κ1) is 14.3. The van der Waals surface area contributed by atoms with Crippen LogP contribution in [-0.2, 0) is 9.84 Å². The van der Waals surface area contributed by atoms with Crippen molar-refractivity contribution in [2.24, 2.45) is 0 Å². The summed E-state index contributed by atoms with van der Waals surface area (Å²) in [4.78, 5) is 10.6. The Kier molecular flexibility index (Phi) is 3.22. The molecule has 0 spiro atoms. The Balaban J connectivity index is 2.37. The number of halogens is 1. The van der Waals surface area contributed by atoms with Crippen molar-refractivity contribution in [3.8, 4) is 5.75 Å². The Morgan fingerprint density at radius 1 is 1.05 bits per heavy atom. The molecule has 0 bridgehead atoms. The Bertz CT molecular complexity index is 1040. The monoisotopic (exact) mass is 320 g/mol. The number of hydrogen-bond acceptors (Lipinski definition) is 5. The quantitative estimate of drug-likeness (QED) is 0.733. The van der Waals surface area contributed by atoms with Crippen molar-refractivity contribution in [3.05, 3.63) is 64.8 Å². The Morgan fingerprint density at radius 3 is 2.50 bits per heavy atom. The van der Waals surface area contributed by atoms with Crippen molar-refractivity contribution < 1.29 is 22.3 Å². The maximum Gasteiger partial charge on any atom is 0.359 e. The largest absolute Gasteiger partial charge is 0.506 e. The highest BCUT2D eigenvalue weighted by atomic mass is 32.2. The van der Waals surface area contributed by atoms with E-state index in [0.717, 1.165) is 18.2 Å². The van der Waals surface area contributed by atoms with Gasteiger partial charge in [-0.3, -0.25) is 0 Å². The molecule has 0 atom stereocenters. The normalized spacial score (nSPS) is 11.7. The zero-order valence-corrected chi connectivity index (χ0v) is 11.8. The fourth-order valence-corrected chi connectivity index (χ4v) is 3.49. The lowest BCUT2D eigenvalue weighted by Crippen LogP contribution is -2.15. The van der Waals surface area contributed by atoms with Gasteiger partial charge in [0.15, 0.2) is 10.6 Å². The molecule has 22 heavy (non-hydrogen) atoms. The average molecular weight is 320 g/mol. The molecule has 1 heterocycles. The Morgan fingerprint density at radius 2 is 1.77 bits per heavy atom. The first-order valence-electron chi connectivity index (χ1n) is 6.17. The van der Waals surface area contributed by atoms with Gasteiger partial charge in [0.05, 0.1) is 10.3 Å². The van der Waals surface area contributed by atoms with Gasteiger partial charge in [0.2, 0.25) is 9.84 Å². The number of para-hydroxylation sites is 1. The van der Waals surface area contributed by atoms with E-state index in [9.17, 15) is 22.7 Å². The second-order valence-corrected chi connectivity index (χ2v) is 6.41. The molecule has 0 saturated carbocycles. The van der Waals surface area contributed by atoms with Gasteiger partial charge in [0, 0.05) is 0 Å². The average Bonchev–Trinajstić information content (AvgIpc) is 2.47. The molecule has 5 nitrogen and oxygen atoms in total. The number of hydrogen-bond donors (Lipinski definition) is 1. The summed E-state index contributed by atoms with van der Waals surface area (Å²) in [6.45, 7) is 0. The lowest BCUT2D eigenvalue weighted by atomic mass is 10.2. The van der Waals surface area contributed by atoms with Gasteiger partial charge in [-0.15, -0.1) is 0 Å². The summed E-state index contributed by atoms with van der Waals surface area (Å²) in [7, 11) is -4.41. The summed E-state index contributed by atoms with van der Waals surface area (Å²) in [5, 5.41) is 10.2. The van der Waals surface area contributed by atoms with Crippen LogP contribution in [0.15, 0.2) is 67.5 Å². The van der Waals surface area contributed by atoms with Gasteiger partial charge < -0.3 is 9.52 Å². The smallest absolute Gasteiger partial charge is 0.359 e. The number of fused-ring (bicyclic) bond motifs is 1. The van der Waals surface area contributed by atoms with Crippen molar-refractivity contribution in [3.63, 3.8) is 0 Å². The molecule has 112 valence electrons. The molecular formula is C15H9FO5S. The summed E-state index contributed by atoms with van der Waals surface area (Å²) < 4.78 is 43.1. The minimum atomic E-state index is -4.41. The maximum atomic E-state index is 13.2. The fourth-order valence-electron chi connectivity index (χ4n) is 2.11. The van der Waals surface area contributed by atoms with Gasteiger partial charge in [-0.25, -0.2) is 17.6 Å². The zero-order valence-electron chi connectivity index (χ0n) is 11.0. The number of sulfone groups is 1. The minimum absolute atomic E-state index is 0.0585. The van der Waals surface area contributed by atoms with Crippen LogP contribution >= 0.6 is 0 Å². The van der Waals surface area contributed by atoms with Crippen LogP contribution in [0.2, 0.25) is 0 Å². The summed E-state index contributed by atoms with van der Waals surface area (Å²) in [6.07, 6.45) is 0. The topological polar surface area (TPSA) is 84.6 Å². The molecule has 1 N–H and O–H groups in total. The van der Waals surface area contributed by atoms with Gasteiger partial charge in [-0.05, 0) is 30.3 Å². The highest BCUT2D eigenvalue weighted by Crippen LogP contribution is 2.32. The van der Waals surface area contributed by atoms with E-state index in [1.807, 2.05) is 0 Å². The van der Waals surface area contributed by atoms with Crippen molar-refractivity contribution in [1.82, 2.24) is 0 Å². The van der Waals surface area contributed by atoms with E-state index in [4.69, 9.17) is 4.42 Å². The molecule has 3 rings (SSSR count). The third kappa shape index (κ3) is 2.15. The third-order valence-corrected chi connectivity index (χ3v) is 4.89. The minimum Gasteiger partial charge on any atom is -0.506 e. The lowest BCUT2D eigenvalue weighted by Gasteiger charge is -2.07. The summed E-state index contributed by atoms with van der Waals surface area (Å²) >= 11 is 0. The van der Waals surface area contributed by atoms with Gasteiger partial charge >= 0.3 is 5.63 Å². The van der Waals surface area contributed by atoms with Crippen LogP contribution in [-0.4, -0.2) is 13.5 Å². The van der Waals surface area contributed by atoms with E-state index in [1.165, 1.54) is 18.2 Å². The molecule has 0 aliphatic carbocycles. The first-order chi connectivity index (χ1) is 10.4. The van der Waals surface area contributed by atoms with Crippen LogP contribution in [0, 0.1) is 5.82 Å².